The van der Waals surface area contributed by atoms with E-state index in [1.165, 1.54) is 17.2 Å². The molecule has 0 spiro atoms. The van der Waals surface area contributed by atoms with Crippen LogP contribution in [0.3, 0.4) is 0 Å². The third kappa shape index (κ3) is 9.60. The van der Waals surface area contributed by atoms with Gasteiger partial charge in [-0.15, -0.1) is 0 Å². The van der Waals surface area contributed by atoms with E-state index in [0.29, 0.717) is 28.5 Å². The van der Waals surface area contributed by atoms with E-state index in [2.05, 4.69) is 58.0 Å². The van der Waals surface area contributed by atoms with Gasteiger partial charge >= 0.3 is 12.1 Å². The number of nitrogens with zero attached hydrogens (tertiary/aromatic N) is 3. The number of piperazine rings is 1. The first-order valence-corrected chi connectivity index (χ1v) is 14.4. The molecule has 9 nitrogen and oxygen atoms in total. The number of ether oxygens (including phenoxy) is 1. The van der Waals surface area contributed by atoms with Crippen LogP contribution in [-0.2, 0) is 4.79 Å². The van der Waals surface area contributed by atoms with Gasteiger partial charge in [-0.25, -0.2) is 20.4 Å². The molecule has 1 fully saturated rings. The number of carboxylic acids is 1. The fraction of sp³-hybridized carbons (Fsp3) is 0.273. The average molecular weight is 603 g/mol. The maximum Gasteiger partial charge on any atom is 0.421 e. The van der Waals surface area contributed by atoms with Crippen LogP contribution in [0.1, 0.15) is 34.7 Å². The minimum atomic E-state index is -1.22. The normalized spacial score (nSPS) is 14.6. The zero-order valence-corrected chi connectivity index (χ0v) is 24.5. The summed E-state index contributed by atoms with van der Waals surface area (Å²) in [6, 6.07) is 24.0. The number of rotatable bonds is 11. The second-order valence-electron chi connectivity index (χ2n) is 10.0. The Kier molecular flexibility index (Phi) is 11.6. The van der Waals surface area contributed by atoms with E-state index in [1.54, 1.807) is 18.2 Å². The first kappa shape index (κ1) is 31.6. The van der Waals surface area contributed by atoms with Crippen LogP contribution >= 0.6 is 11.6 Å². The number of hydrazine groups is 1. The minimum Gasteiger partial charge on any atom is -0.492 e. The van der Waals surface area contributed by atoms with Crippen LogP contribution in [0.25, 0.3) is 6.08 Å². The zero-order chi connectivity index (χ0) is 30.6. The number of halogens is 1. The van der Waals surface area contributed by atoms with Crippen molar-refractivity contribution in [2.24, 2.45) is 5.84 Å². The molecule has 0 saturated carbocycles. The zero-order valence-electron chi connectivity index (χ0n) is 23.7. The number of nitrogens with two attached hydrogens (primary N) is 1. The lowest BCUT2D eigenvalue weighted by atomic mass is 9.96. The molecule has 3 aromatic carbocycles. The summed E-state index contributed by atoms with van der Waals surface area (Å²) in [4.78, 5) is 26.8. The summed E-state index contributed by atoms with van der Waals surface area (Å²) in [5, 5.41) is 19.4. The summed E-state index contributed by atoms with van der Waals surface area (Å²) in [7, 11) is 0. The van der Waals surface area contributed by atoms with Gasteiger partial charge in [-0.1, -0.05) is 65.9 Å². The topological polar surface area (TPSA) is 120 Å². The van der Waals surface area contributed by atoms with Crippen molar-refractivity contribution < 1.29 is 24.5 Å². The molecule has 1 amide bonds. The fourth-order valence-electron chi connectivity index (χ4n) is 4.91. The molecule has 1 unspecified atom stereocenters. The summed E-state index contributed by atoms with van der Waals surface area (Å²) in [5.74, 6) is 10.7. The number of hydrogen-bond donors (Lipinski definition) is 3. The molecule has 1 atom stereocenters. The molecular weight excluding hydrogens is 568 g/mol. The molecule has 224 valence electrons. The monoisotopic (exact) mass is 602 g/mol. The fourth-order valence-corrected chi connectivity index (χ4v) is 5.04. The minimum absolute atomic E-state index is 0.0810. The Morgan fingerprint density at radius 3 is 2.37 bits per heavy atom. The Bertz CT molecular complexity index is 1460. The van der Waals surface area contributed by atoms with Crippen LogP contribution < -0.4 is 10.6 Å². The molecule has 43 heavy (non-hydrogen) atoms. The van der Waals surface area contributed by atoms with Crippen LogP contribution in [0.2, 0.25) is 5.02 Å². The van der Waals surface area contributed by atoms with Gasteiger partial charge in [-0.05, 0) is 47.5 Å². The maximum absolute atomic E-state index is 11.2. The summed E-state index contributed by atoms with van der Waals surface area (Å²) in [6.45, 7) is 4.84. The van der Waals surface area contributed by atoms with E-state index >= 15 is 0 Å². The third-order valence-electron chi connectivity index (χ3n) is 7.11. The first-order chi connectivity index (χ1) is 20.8. The molecule has 0 aliphatic carbocycles. The molecule has 0 aromatic heterocycles. The van der Waals surface area contributed by atoms with Crippen LogP contribution in [0.5, 0.6) is 5.75 Å². The lowest BCUT2D eigenvalue weighted by Gasteiger charge is -2.39. The second-order valence-corrected chi connectivity index (χ2v) is 10.5. The van der Waals surface area contributed by atoms with Gasteiger partial charge in [0.15, 0.2) is 0 Å². The molecule has 1 heterocycles. The van der Waals surface area contributed by atoms with Crippen molar-refractivity contribution in [3.8, 4) is 17.6 Å². The average Bonchev–Trinajstić information content (AvgIpc) is 3.01. The van der Waals surface area contributed by atoms with E-state index in [9.17, 15) is 9.59 Å². The van der Waals surface area contributed by atoms with E-state index < -0.39 is 12.1 Å². The Morgan fingerprint density at radius 2 is 1.70 bits per heavy atom. The Morgan fingerprint density at radius 1 is 1.00 bits per heavy atom. The molecule has 0 bridgehead atoms. The van der Waals surface area contributed by atoms with Crippen molar-refractivity contribution >= 4 is 29.7 Å². The van der Waals surface area contributed by atoms with Gasteiger partial charge in [0, 0.05) is 61.4 Å². The highest BCUT2D eigenvalue weighted by Crippen LogP contribution is 2.30. The smallest absolute Gasteiger partial charge is 0.421 e. The molecule has 1 aliphatic heterocycles. The Hall–Kier alpha value is -4.33. The van der Waals surface area contributed by atoms with Gasteiger partial charge in [0.05, 0.1) is 12.6 Å². The number of benzene rings is 3. The van der Waals surface area contributed by atoms with Crippen molar-refractivity contribution in [3.63, 3.8) is 0 Å². The van der Waals surface area contributed by atoms with Gasteiger partial charge in [-0.3, -0.25) is 9.80 Å². The predicted molar refractivity (Wildman–Crippen MR) is 167 cm³/mol. The number of carboxylic acid groups (broad SMARTS) is 2. The van der Waals surface area contributed by atoms with Gasteiger partial charge in [0.25, 0.3) is 0 Å². The Balaban J connectivity index is 1.34. The number of hydrogen-bond acceptors (Lipinski definition) is 6. The van der Waals surface area contributed by atoms with E-state index in [-0.39, 0.29) is 19.0 Å². The van der Waals surface area contributed by atoms with Crippen molar-refractivity contribution in [3.05, 3.63) is 106 Å². The molecule has 1 aliphatic rings. The molecular formula is C33H35ClN4O5. The standard InChI is InChI=1S/C33H35ClN4O5/c34-29-13-10-27(11-14-29)32(26-7-2-1-3-8-26)37-20-18-36(19-21-37)22-23-43-30-15-9-25(24-28(30)12-16-31(39)40)6-4-5-17-38(35)33(41)42/h1-3,7-16,24,32H,5,17-23,35H2,(H,39,40)(H,41,42). The number of aliphatic carboxylic acids is 1. The molecule has 0 radical (unpaired) electrons. The molecule has 1 saturated heterocycles. The number of amides is 1. The third-order valence-corrected chi connectivity index (χ3v) is 7.36. The lowest BCUT2D eigenvalue weighted by Crippen LogP contribution is -2.48. The molecule has 10 heteroatoms. The van der Waals surface area contributed by atoms with Gasteiger partial charge < -0.3 is 14.9 Å². The van der Waals surface area contributed by atoms with E-state index in [4.69, 9.17) is 32.4 Å². The van der Waals surface area contributed by atoms with Crippen molar-refractivity contribution in [2.45, 2.75) is 12.5 Å². The van der Waals surface area contributed by atoms with Crippen LogP contribution in [0.15, 0.2) is 78.9 Å². The molecule has 3 aromatic rings. The molecule has 4 rings (SSSR count). The lowest BCUT2D eigenvalue weighted by molar-refractivity contribution is -0.131. The second kappa shape index (κ2) is 15.8. The summed E-state index contributed by atoms with van der Waals surface area (Å²) < 4.78 is 6.09. The summed E-state index contributed by atoms with van der Waals surface area (Å²) >= 11 is 6.16. The van der Waals surface area contributed by atoms with Gasteiger partial charge in [0.2, 0.25) is 0 Å². The summed E-state index contributed by atoms with van der Waals surface area (Å²) in [6.07, 6.45) is 1.58. The van der Waals surface area contributed by atoms with Crippen LogP contribution in [-0.4, -0.2) is 83.0 Å². The summed E-state index contributed by atoms with van der Waals surface area (Å²) in [5.41, 5.74) is 3.71. The van der Waals surface area contributed by atoms with E-state index in [1.807, 2.05) is 18.2 Å². The highest BCUT2D eigenvalue weighted by atomic mass is 35.5. The van der Waals surface area contributed by atoms with Crippen molar-refractivity contribution in [2.75, 3.05) is 45.9 Å². The van der Waals surface area contributed by atoms with E-state index in [0.717, 1.165) is 43.8 Å². The number of carbonyl (C=O) groups is 2. The van der Waals surface area contributed by atoms with Crippen molar-refractivity contribution in [1.82, 2.24) is 14.8 Å². The molecule has 4 N–H and O–H groups in total. The SMILES string of the molecule is NN(CCC#Cc1ccc(OCCN2CCN(C(c3ccccc3)c3ccc(Cl)cc3)CC2)c(C=CC(=O)O)c1)C(=O)O. The van der Waals surface area contributed by atoms with Crippen LogP contribution in [0, 0.1) is 11.8 Å². The van der Waals surface area contributed by atoms with Crippen LogP contribution in [0.4, 0.5) is 4.79 Å². The predicted octanol–water partition coefficient (Wildman–Crippen LogP) is 4.82. The first-order valence-electron chi connectivity index (χ1n) is 14.0. The Labute approximate surface area is 256 Å². The highest BCUT2D eigenvalue weighted by molar-refractivity contribution is 6.30. The quantitative estimate of drug-likeness (QED) is 0.0940. The van der Waals surface area contributed by atoms with Gasteiger partial charge in [-0.2, -0.15) is 0 Å². The maximum atomic E-state index is 11.2. The highest BCUT2D eigenvalue weighted by Gasteiger charge is 2.26. The largest absolute Gasteiger partial charge is 0.492 e. The van der Waals surface area contributed by atoms with Gasteiger partial charge in [0.1, 0.15) is 12.4 Å². The van der Waals surface area contributed by atoms with Crippen molar-refractivity contribution in [1.29, 1.82) is 0 Å².